The number of hydrogen-bond donors (Lipinski definition) is 2. The first kappa shape index (κ1) is 12.0. The van der Waals surface area contributed by atoms with Crippen LogP contribution in [0.2, 0.25) is 0 Å². The topological polar surface area (TPSA) is 58.2 Å². The Morgan fingerprint density at radius 1 is 1.27 bits per heavy atom. The second-order valence-corrected chi connectivity index (χ2v) is 4.11. The molecule has 0 fully saturated rings. The van der Waals surface area contributed by atoms with E-state index in [0.29, 0.717) is 5.56 Å². The maximum atomic E-state index is 11.5. The van der Waals surface area contributed by atoms with E-state index in [-0.39, 0.29) is 18.4 Å². The number of carbonyl (C=O) groups excluding carboxylic acids is 2. The van der Waals surface area contributed by atoms with Crippen molar-refractivity contribution in [1.29, 1.82) is 0 Å². The highest BCUT2D eigenvalue weighted by Gasteiger charge is 2.06. The van der Waals surface area contributed by atoms with E-state index >= 15 is 0 Å². The van der Waals surface area contributed by atoms with Gasteiger partial charge in [-0.05, 0) is 46.9 Å². The van der Waals surface area contributed by atoms with Crippen LogP contribution >= 0.6 is 22.6 Å². The zero-order chi connectivity index (χ0) is 11.3. The van der Waals surface area contributed by atoms with E-state index < -0.39 is 0 Å². The summed E-state index contributed by atoms with van der Waals surface area (Å²) >= 11 is 2.16. The Kier molecular flexibility index (Phi) is 4.54. The summed E-state index contributed by atoms with van der Waals surface area (Å²) in [6, 6.07) is 7.13. The van der Waals surface area contributed by atoms with Crippen molar-refractivity contribution >= 4 is 34.4 Å². The van der Waals surface area contributed by atoms with Crippen LogP contribution in [0.4, 0.5) is 0 Å². The normalized spacial score (nSPS) is 9.47. The smallest absolute Gasteiger partial charge is 0.251 e. The van der Waals surface area contributed by atoms with Gasteiger partial charge < -0.3 is 10.6 Å². The molecule has 0 heterocycles. The molecule has 0 aromatic heterocycles. The van der Waals surface area contributed by atoms with Gasteiger partial charge in [0.2, 0.25) is 5.91 Å². The molecule has 0 radical (unpaired) electrons. The number of carbonyl (C=O) groups is 2. The predicted octanol–water partition coefficient (Wildman–Crippen LogP) is 0.767. The summed E-state index contributed by atoms with van der Waals surface area (Å²) in [5, 5.41) is 4.94. The zero-order valence-corrected chi connectivity index (χ0v) is 10.4. The number of nitrogens with one attached hydrogen (secondary N) is 2. The van der Waals surface area contributed by atoms with Crippen molar-refractivity contribution in [3.05, 3.63) is 33.4 Å². The summed E-state index contributed by atoms with van der Waals surface area (Å²) in [5.41, 5.74) is 0.555. The van der Waals surface area contributed by atoms with Crippen molar-refractivity contribution in [2.24, 2.45) is 0 Å². The van der Waals surface area contributed by atoms with Crippen LogP contribution in [0.15, 0.2) is 24.3 Å². The number of amides is 2. The SMILES string of the molecule is CNC(=O)CNC(=O)c1ccc(I)cc1. The first-order valence-corrected chi connectivity index (χ1v) is 5.45. The molecule has 0 atom stereocenters. The van der Waals surface area contributed by atoms with Crippen LogP contribution in [0.5, 0.6) is 0 Å². The van der Waals surface area contributed by atoms with Gasteiger partial charge in [-0.3, -0.25) is 9.59 Å². The van der Waals surface area contributed by atoms with Crippen LogP contribution in [0.25, 0.3) is 0 Å². The first-order valence-electron chi connectivity index (χ1n) is 4.38. The van der Waals surface area contributed by atoms with Gasteiger partial charge in [-0.25, -0.2) is 0 Å². The number of likely N-dealkylation sites (N-methyl/N-ethyl adjacent to an activating group) is 1. The minimum absolute atomic E-state index is 0.00131. The van der Waals surface area contributed by atoms with E-state index in [9.17, 15) is 9.59 Å². The molecule has 1 rings (SSSR count). The van der Waals surface area contributed by atoms with Crippen LogP contribution in [-0.2, 0) is 4.79 Å². The summed E-state index contributed by atoms with van der Waals surface area (Å²) in [6.45, 7) is 0.00131. The summed E-state index contributed by atoms with van der Waals surface area (Å²) in [7, 11) is 1.53. The highest BCUT2D eigenvalue weighted by atomic mass is 127. The van der Waals surface area contributed by atoms with Gasteiger partial charge in [0.15, 0.2) is 0 Å². The summed E-state index contributed by atoms with van der Waals surface area (Å²) in [5.74, 6) is -0.455. The standard InChI is InChI=1S/C10H11IN2O2/c1-12-9(14)6-13-10(15)7-2-4-8(11)5-3-7/h2-5H,6H2,1H3,(H,12,14)(H,13,15). The third-order valence-corrected chi connectivity index (χ3v) is 2.51. The number of benzene rings is 1. The van der Waals surface area contributed by atoms with Gasteiger partial charge in [0.1, 0.15) is 0 Å². The Morgan fingerprint density at radius 2 is 1.87 bits per heavy atom. The summed E-state index contributed by atoms with van der Waals surface area (Å²) < 4.78 is 1.07. The van der Waals surface area contributed by atoms with Crippen LogP contribution in [0.3, 0.4) is 0 Å². The second-order valence-electron chi connectivity index (χ2n) is 2.86. The highest BCUT2D eigenvalue weighted by Crippen LogP contribution is 2.06. The first-order chi connectivity index (χ1) is 7.13. The molecule has 0 saturated carbocycles. The van der Waals surface area contributed by atoms with Gasteiger partial charge in [-0.1, -0.05) is 0 Å². The molecular weight excluding hydrogens is 307 g/mol. The van der Waals surface area contributed by atoms with Crippen molar-refractivity contribution in [3.8, 4) is 0 Å². The van der Waals surface area contributed by atoms with Crippen molar-refractivity contribution in [2.75, 3.05) is 13.6 Å². The van der Waals surface area contributed by atoms with Gasteiger partial charge >= 0.3 is 0 Å². The molecule has 0 aliphatic carbocycles. The Morgan fingerprint density at radius 3 is 2.40 bits per heavy atom. The van der Waals surface area contributed by atoms with Crippen molar-refractivity contribution in [2.45, 2.75) is 0 Å². The van der Waals surface area contributed by atoms with Crippen molar-refractivity contribution < 1.29 is 9.59 Å². The van der Waals surface area contributed by atoms with Gasteiger partial charge in [0.25, 0.3) is 5.91 Å². The number of rotatable bonds is 3. The lowest BCUT2D eigenvalue weighted by Crippen LogP contribution is -2.35. The molecule has 2 N–H and O–H groups in total. The monoisotopic (exact) mass is 318 g/mol. The maximum absolute atomic E-state index is 11.5. The van der Waals surface area contributed by atoms with E-state index in [4.69, 9.17) is 0 Å². The molecule has 0 saturated heterocycles. The Hall–Kier alpha value is -1.11. The zero-order valence-electron chi connectivity index (χ0n) is 8.21. The van der Waals surface area contributed by atoms with E-state index in [1.54, 1.807) is 12.1 Å². The molecule has 0 unspecified atom stereocenters. The molecule has 2 amide bonds. The maximum Gasteiger partial charge on any atom is 0.251 e. The largest absolute Gasteiger partial charge is 0.358 e. The molecule has 0 aliphatic heterocycles. The number of halogens is 1. The second kappa shape index (κ2) is 5.69. The quantitative estimate of drug-likeness (QED) is 0.809. The van der Waals surface area contributed by atoms with E-state index in [2.05, 4.69) is 33.2 Å². The lowest BCUT2D eigenvalue weighted by Gasteiger charge is -2.03. The van der Waals surface area contributed by atoms with E-state index in [1.807, 2.05) is 12.1 Å². The van der Waals surface area contributed by atoms with Crippen LogP contribution < -0.4 is 10.6 Å². The molecule has 4 nitrogen and oxygen atoms in total. The highest BCUT2D eigenvalue weighted by molar-refractivity contribution is 14.1. The molecule has 1 aromatic carbocycles. The molecule has 1 aromatic rings. The Bertz CT molecular complexity index is 362. The van der Waals surface area contributed by atoms with Crippen LogP contribution in [0, 0.1) is 3.57 Å². The minimum Gasteiger partial charge on any atom is -0.358 e. The molecule has 80 valence electrons. The van der Waals surface area contributed by atoms with Gasteiger partial charge in [0, 0.05) is 16.2 Å². The van der Waals surface area contributed by atoms with Crippen molar-refractivity contribution in [3.63, 3.8) is 0 Å². The third-order valence-electron chi connectivity index (χ3n) is 1.79. The number of hydrogen-bond acceptors (Lipinski definition) is 2. The van der Waals surface area contributed by atoms with Gasteiger partial charge in [-0.15, -0.1) is 0 Å². The van der Waals surface area contributed by atoms with Crippen molar-refractivity contribution in [1.82, 2.24) is 10.6 Å². The Labute approximate surface area is 102 Å². The van der Waals surface area contributed by atoms with E-state index in [0.717, 1.165) is 3.57 Å². The lowest BCUT2D eigenvalue weighted by atomic mass is 10.2. The molecule has 15 heavy (non-hydrogen) atoms. The fraction of sp³-hybridized carbons (Fsp3) is 0.200. The minimum atomic E-state index is -0.241. The molecule has 0 spiro atoms. The summed E-state index contributed by atoms with van der Waals surface area (Å²) in [4.78, 5) is 22.4. The van der Waals surface area contributed by atoms with Crippen LogP contribution in [-0.4, -0.2) is 25.4 Å². The average Bonchev–Trinajstić information content (AvgIpc) is 2.26. The third kappa shape index (κ3) is 3.86. The van der Waals surface area contributed by atoms with Crippen LogP contribution in [0.1, 0.15) is 10.4 Å². The fourth-order valence-electron chi connectivity index (χ4n) is 0.952. The molecular formula is C10H11IN2O2. The summed E-state index contributed by atoms with van der Waals surface area (Å²) in [6.07, 6.45) is 0. The molecule has 0 bridgehead atoms. The lowest BCUT2D eigenvalue weighted by molar-refractivity contribution is -0.119. The predicted molar refractivity (Wildman–Crippen MR) is 65.6 cm³/mol. The average molecular weight is 318 g/mol. The van der Waals surface area contributed by atoms with Gasteiger partial charge in [-0.2, -0.15) is 0 Å². The van der Waals surface area contributed by atoms with E-state index in [1.165, 1.54) is 7.05 Å². The molecule has 5 heteroatoms. The fourth-order valence-corrected chi connectivity index (χ4v) is 1.31. The molecule has 0 aliphatic rings. The van der Waals surface area contributed by atoms with Gasteiger partial charge in [0.05, 0.1) is 6.54 Å². The Balaban J connectivity index is 2.54.